The van der Waals surface area contributed by atoms with Gasteiger partial charge in [0.1, 0.15) is 17.7 Å². The standard InChI is InChI=1S/C31H38N6O3/c1-38-26-16-25(17-27(19-26)39-2)36(14-7-13-35-11-4-5-12-35)24-9-10-28-29(18-24)34-30(21-32-28)23-20-33-37(22-23)31-8-3-6-15-40-31/h9-10,16-22,31H,3-8,11-15H2,1-2H3. The van der Waals surface area contributed by atoms with Crippen LogP contribution in [0.25, 0.3) is 22.3 Å². The highest BCUT2D eigenvalue weighted by atomic mass is 16.5. The van der Waals surface area contributed by atoms with Gasteiger partial charge in [-0.15, -0.1) is 0 Å². The summed E-state index contributed by atoms with van der Waals surface area (Å²) in [7, 11) is 3.37. The van der Waals surface area contributed by atoms with Crippen LogP contribution in [0.5, 0.6) is 11.5 Å². The van der Waals surface area contributed by atoms with Crippen molar-refractivity contribution in [2.45, 2.75) is 44.8 Å². The molecular formula is C31H38N6O3. The van der Waals surface area contributed by atoms with E-state index >= 15 is 0 Å². The molecule has 9 nitrogen and oxygen atoms in total. The number of ether oxygens (including phenoxy) is 3. The van der Waals surface area contributed by atoms with Gasteiger partial charge in [0, 0.05) is 54.5 Å². The van der Waals surface area contributed by atoms with Gasteiger partial charge in [0.05, 0.1) is 43.3 Å². The van der Waals surface area contributed by atoms with Gasteiger partial charge in [-0.2, -0.15) is 5.10 Å². The molecular weight excluding hydrogens is 504 g/mol. The van der Waals surface area contributed by atoms with Gasteiger partial charge in [-0.1, -0.05) is 0 Å². The van der Waals surface area contributed by atoms with Gasteiger partial charge >= 0.3 is 0 Å². The summed E-state index contributed by atoms with van der Waals surface area (Å²) in [5, 5.41) is 4.57. The third-order valence-corrected chi connectivity index (χ3v) is 7.89. The fourth-order valence-electron chi connectivity index (χ4n) is 5.68. The van der Waals surface area contributed by atoms with Crippen LogP contribution in [-0.2, 0) is 4.74 Å². The van der Waals surface area contributed by atoms with Crippen molar-refractivity contribution in [1.29, 1.82) is 0 Å². The number of aromatic nitrogens is 4. The third-order valence-electron chi connectivity index (χ3n) is 7.89. The van der Waals surface area contributed by atoms with Crippen LogP contribution >= 0.6 is 0 Å². The summed E-state index contributed by atoms with van der Waals surface area (Å²) in [6.07, 6.45) is 12.6. The molecule has 0 spiro atoms. The Hall–Kier alpha value is -3.69. The van der Waals surface area contributed by atoms with Crippen molar-refractivity contribution >= 4 is 22.4 Å². The Kier molecular flexibility index (Phi) is 8.11. The summed E-state index contributed by atoms with van der Waals surface area (Å²) in [6.45, 7) is 5.13. The summed E-state index contributed by atoms with van der Waals surface area (Å²) >= 11 is 0. The molecule has 9 heteroatoms. The fraction of sp³-hybridized carbons (Fsp3) is 0.452. The predicted molar refractivity (Wildman–Crippen MR) is 156 cm³/mol. The van der Waals surface area contributed by atoms with Crippen LogP contribution in [0.3, 0.4) is 0 Å². The van der Waals surface area contributed by atoms with Crippen LogP contribution in [0, 0.1) is 0 Å². The molecule has 2 aromatic carbocycles. The molecule has 1 atom stereocenters. The average Bonchev–Trinajstić information content (AvgIpc) is 3.72. The first-order valence-electron chi connectivity index (χ1n) is 14.4. The molecule has 0 saturated carbocycles. The molecule has 2 saturated heterocycles. The molecule has 4 aromatic rings. The lowest BCUT2D eigenvalue weighted by molar-refractivity contribution is -0.0394. The highest BCUT2D eigenvalue weighted by Crippen LogP contribution is 2.34. The molecule has 4 heterocycles. The van der Waals surface area contributed by atoms with Crippen molar-refractivity contribution in [2.24, 2.45) is 0 Å². The average molecular weight is 543 g/mol. The minimum atomic E-state index is -0.00325. The number of fused-ring (bicyclic) bond motifs is 1. The lowest BCUT2D eigenvalue weighted by atomic mass is 10.1. The Morgan fingerprint density at radius 3 is 2.50 bits per heavy atom. The van der Waals surface area contributed by atoms with Crippen LogP contribution in [0.2, 0.25) is 0 Å². The maximum Gasteiger partial charge on any atom is 0.150 e. The van der Waals surface area contributed by atoms with Crippen molar-refractivity contribution in [3.63, 3.8) is 0 Å². The normalized spacial score (nSPS) is 17.8. The van der Waals surface area contributed by atoms with Crippen LogP contribution in [0.1, 0.15) is 44.8 Å². The highest BCUT2D eigenvalue weighted by Gasteiger charge is 2.19. The lowest BCUT2D eigenvalue weighted by Gasteiger charge is -2.27. The van der Waals surface area contributed by atoms with Gasteiger partial charge < -0.3 is 24.0 Å². The number of likely N-dealkylation sites (tertiary alicyclic amines) is 1. The van der Waals surface area contributed by atoms with E-state index in [1.165, 1.54) is 25.9 Å². The van der Waals surface area contributed by atoms with E-state index in [-0.39, 0.29) is 6.23 Å². The summed E-state index contributed by atoms with van der Waals surface area (Å²) in [5.41, 5.74) is 5.52. The second-order valence-corrected chi connectivity index (χ2v) is 10.6. The Labute approximate surface area is 235 Å². The second-order valence-electron chi connectivity index (χ2n) is 10.6. The molecule has 6 rings (SSSR count). The maximum absolute atomic E-state index is 5.90. The van der Waals surface area contributed by atoms with E-state index in [1.54, 1.807) is 14.2 Å². The SMILES string of the molecule is COc1cc(OC)cc(N(CCCN2CCCC2)c2ccc3ncc(-c4cnn(C5CCCCO5)c4)nc3c2)c1. The molecule has 2 aliphatic rings. The smallest absolute Gasteiger partial charge is 0.150 e. The predicted octanol–water partition coefficient (Wildman–Crippen LogP) is 5.83. The fourth-order valence-corrected chi connectivity index (χ4v) is 5.68. The molecule has 0 radical (unpaired) electrons. The Bertz CT molecular complexity index is 1410. The first-order chi connectivity index (χ1) is 19.7. The van der Waals surface area contributed by atoms with E-state index in [2.05, 4.69) is 39.2 Å². The summed E-state index contributed by atoms with van der Waals surface area (Å²) < 4.78 is 19.0. The van der Waals surface area contributed by atoms with Crippen molar-refractivity contribution in [2.75, 3.05) is 51.9 Å². The van der Waals surface area contributed by atoms with Crippen LogP contribution in [-0.4, -0.2) is 71.7 Å². The first kappa shape index (κ1) is 26.5. The zero-order chi connectivity index (χ0) is 27.3. The van der Waals surface area contributed by atoms with Crippen LogP contribution in [0.4, 0.5) is 11.4 Å². The van der Waals surface area contributed by atoms with Gasteiger partial charge in [-0.3, -0.25) is 4.98 Å². The second kappa shape index (κ2) is 12.2. The van der Waals surface area contributed by atoms with Crippen LogP contribution < -0.4 is 14.4 Å². The topological polar surface area (TPSA) is 77.8 Å². The zero-order valence-corrected chi connectivity index (χ0v) is 23.5. The molecule has 0 aliphatic carbocycles. The van der Waals surface area contributed by atoms with E-state index < -0.39 is 0 Å². The van der Waals surface area contributed by atoms with Crippen molar-refractivity contribution in [1.82, 2.24) is 24.6 Å². The van der Waals surface area contributed by atoms with Gasteiger partial charge in [0.2, 0.25) is 0 Å². The molecule has 40 heavy (non-hydrogen) atoms. The van der Waals surface area contributed by atoms with E-state index in [0.717, 1.165) is 90.5 Å². The minimum Gasteiger partial charge on any atom is -0.497 e. The maximum atomic E-state index is 5.90. The van der Waals surface area contributed by atoms with Gasteiger partial charge in [0.25, 0.3) is 0 Å². The molecule has 1 unspecified atom stereocenters. The summed E-state index contributed by atoms with van der Waals surface area (Å²) in [6, 6.07) is 12.3. The summed E-state index contributed by atoms with van der Waals surface area (Å²) in [5.74, 6) is 1.53. The van der Waals surface area contributed by atoms with Gasteiger partial charge in [0.15, 0.2) is 0 Å². The quantitative estimate of drug-likeness (QED) is 0.248. The molecule has 2 aliphatic heterocycles. The van der Waals surface area contributed by atoms with Crippen molar-refractivity contribution in [3.05, 3.63) is 55.0 Å². The van der Waals surface area contributed by atoms with Gasteiger partial charge in [-0.25, -0.2) is 9.67 Å². The summed E-state index contributed by atoms with van der Waals surface area (Å²) in [4.78, 5) is 14.6. The molecule has 2 aromatic heterocycles. The Morgan fingerprint density at radius 2 is 1.75 bits per heavy atom. The van der Waals surface area contributed by atoms with E-state index in [0.29, 0.717) is 0 Å². The highest BCUT2D eigenvalue weighted by molar-refractivity contribution is 5.82. The Balaban J connectivity index is 1.31. The van der Waals surface area contributed by atoms with E-state index in [4.69, 9.17) is 24.2 Å². The zero-order valence-electron chi connectivity index (χ0n) is 23.5. The minimum absolute atomic E-state index is 0.00325. The number of anilines is 2. The lowest BCUT2D eigenvalue weighted by Crippen LogP contribution is -2.26. The molecule has 2 fully saturated rings. The third kappa shape index (κ3) is 5.90. The number of hydrogen-bond acceptors (Lipinski definition) is 8. The number of hydrogen-bond donors (Lipinski definition) is 0. The largest absolute Gasteiger partial charge is 0.497 e. The number of benzene rings is 2. The first-order valence-corrected chi connectivity index (χ1v) is 14.4. The van der Waals surface area contributed by atoms with Gasteiger partial charge in [-0.05, 0) is 76.4 Å². The monoisotopic (exact) mass is 542 g/mol. The molecule has 0 N–H and O–H groups in total. The van der Waals surface area contributed by atoms with Crippen molar-refractivity contribution in [3.8, 4) is 22.8 Å². The molecule has 0 bridgehead atoms. The van der Waals surface area contributed by atoms with E-state index in [9.17, 15) is 0 Å². The van der Waals surface area contributed by atoms with Crippen LogP contribution in [0.15, 0.2) is 55.0 Å². The number of methoxy groups -OCH3 is 2. The van der Waals surface area contributed by atoms with E-state index in [1.807, 2.05) is 35.4 Å². The number of nitrogens with zero attached hydrogens (tertiary/aromatic N) is 6. The number of rotatable bonds is 10. The Morgan fingerprint density at radius 1 is 0.925 bits per heavy atom. The molecule has 0 amide bonds. The molecule has 210 valence electrons. The van der Waals surface area contributed by atoms with Crippen molar-refractivity contribution < 1.29 is 14.2 Å².